The van der Waals surface area contributed by atoms with E-state index in [-0.39, 0.29) is 11.9 Å². The molecule has 1 saturated heterocycles. The van der Waals surface area contributed by atoms with E-state index in [9.17, 15) is 4.79 Å². The highest BCUT2D eigenvalue weighted by atomic mass is 16.2. The highest BCUT2D eigenvalue weighted by molar-refractivity contribution is 5.82. The Morgan fingerprint density at radius 1 is 1.77 bits per heavy atom. The van der Waals surface area contributed by atoms with Crippen LogP contribution in [0.25, 0.3) is 0 Å². The van der Waals surface area contributed by atoms with Crippen molar-refractivity contribution in [2.75, 3.05) is 13.1 Å². The number of rotatable bonds is 3. The van der Waals surface area contributed by atoms with Crippen molar-refractivity contribution in [1.29, 1.82) is 0 Å². The second-order valence-corrected chi connectivity index (χ2v) is 3.59. The first-order valence-corrected chi connectivity index (χ1v) is 4.87. The minimum absolute atomic E-state index is 0.00583. The summed E-state index contributed by atoms with van der Waals surface area (Å²) in [4.78, 5) is 11.5. The first-order chi connectivity index (χ1) is 6.25. The number of nitrogens with one attached hydrogen (secondary N) is 2. The van der Waals surface area contributed by atoms with Crippen LogP contribution in [0.4, 0.5) is 0 Å². The van der Waals surface area contributed by atoms with Gasteiger partial charge in [0.1, 0.15) is 0 Å². The average molecular weight is 182 g/mol. The third-order valence-electron chi connectivity index (χ3n) is 2.47. The zero-order valence-electron chi connectivity index (χ0n) is 8.18. The van der Waals surface area contributed by atoms with Crippen molar-refractivity contribution >= 4 is 5.91 Å². The van der Waals surface area contributed by atoms with Crippen LogP contribution < -0.4 is 10.6 Å². The van der Waals surface area contributed by atoms with Gasteiger partial charge in [-0.2, -0.15) is 0 Å². The van der Waals surface area contributed by atoms with E-state index in [2.05, 4.69) is 24.1 Å². The molecule has 1 fully saturated rings. The lowest BCUT2D eigenvalue weighted by Crippen LogP contribution is -2.50. The minimum atomic E-state index is -0.00583. The third kappa shape index (κ3) is 2.84. The van der Waals surface area contributed by atoms with E-state index in [0.717, 1.165) is 13.0 Å². The number of hydrogen-bond acceptors (Lipinski definition) is 2. The highest BCUT2D eigenvalue weighted by Crippen LogP contribution is 2.15. The van der Waals surface area contributed by atoms with E-state index in [1.807, 2.05) is 0 Å². The van der Waals surface area contributed by atoms with Crippen LogP contribution in [0, 0.1) is 5.92 Å². The van der Waals surface area contributed by atoms with Crippen molar-refractivity contribution < 1.29 is 4.79 Å². The fourth-order valence-corrected chi connectivity index (χ4v) is 1.68. The second kappa shape index (κ2) is 5.02. The molecule has 1 rings (SSSR count). The molecule has 0 radical (unpaired) electrons. The molecule has 0 saturated carbocycles. The molecule has 3 nitrogen and oxygen atoms in total. The van der Waals surface area contributed by atoms with Gasteiger partial charge in [-0.15, -0.1) is 6.58 Å². The molecule has 1 heterocycles. The molecule has 1 aliphatic rings. The fraction of sp³-hybridized carbons (Fsp3) is 0.700. The number of piperidine rings is 1. The highest BCUT2D eigenvalue weighted by Gasteiger charge is 2.26. The maximum Gasteiger partial charge on any atom is 0.237 e. The van der Waals surface area contributed by atoms with Gasteiger partial charge in [-0.25, -0.2) is 0 Å². The van der Waals surface area contributed by atoms with Crippen molar-refractivity contribution in [3.63, 3.8) is 0 Å². The van der Waals surface area contributed by atoms with Gasteiger partial charge in [-0.1, -0.05) is 13.0 Å². The molecule has 74 valence electrons. The van der Waals surface area contributed by atoms with Crippen LogP contribution >= 0.6 is 0 Å². The summed E-state index contributed by atoms with van der Waals surface area (Å²) in [6.07, 6.45) is 4.01. The third-order valence-corrected chi connectivity index (χ3v) is 2.47. The van der Waals surface area contributed by atoms with Gasteiger partial charge in [0.2, 0.25) is 5.91 Å². The van der Waals surface area contributed by atoms with E-state index in [4.69, 9.17) is 0 Å². The van der Waals surface area contributed by atoms with Crippen molar-refractivity contribution in [3.05, 3.63) is 12.7 Å². The van der Waals surface area contributed by atoms with Crippen LogP contribution in [-0.4, -0.2) is 25.0 Å². The van der Waals surface area contributed by atoms with Crippen molar-refractivity contribution in [1.82, 2.24) is 10.6 Å². The monoisotopic (exact) mass is 182 g/mol. The Labute approximate surface area is 79.6 Å². The minimum Gasteiger partial charge on any atom is -0.351 e. The normalized spacial score (nSPS) is 28.1. The van der Waals surface area contributed by atoms with Crippen LogP contribution in [0.3, 0.4) is 0 Å². The standard InChI is InChI=1S/C10H18N2O/c1-3-6-12-10(13)9-8(2)5-4-7-11-9/h3,8-9,11H,1,4-7H2,2H3,(H,12,13). The Kier molecular flexibility index (Phi) is 3.96. The van der Waals surface area contributed by atoms with Crippen molar-refractivity contribution in [3.8, 4) is 0 Å². The molecule has 1 aliphatic heterocycles. The molecule has 0 bridgehead atoms. The maximum absolute atomic E-state index is 11.5. The summed E-state index contributed by atoms with van der Waals surface area (Å²) in [7, 11) is 0. The lowest BCUT2D eigenvalue weighted by Gasteiger charge is -2.28. The molecule has 0 spiro atoms. The van der Waals surface area contributed by atoms with Gasteiger partial charge in [0, 0.05) is 6.54 Å². The predicted octanol–water partition coefficient (Wildman–Crippen LogP) is 0.677. The Balaban J connectivity index is 2.39. The quantitative estimate of drug-likeness (QED) is 0.630. The SMILES string of the molecule is C=CCNC(=O)C1NCCCC1C. The van der Waals surface area contributed by atoms with Gasteiger partial charge < -0.3 is 10.6 Å². The summed E-state index contributed by atoms with van der Waals surface area (Å²) in [5.74, 6) is 0.547. The smallest absolute Gasteiger partial charge is 0.237 e. The zero-order chi connectivity index (χ0) is 9.68. The summed E-state index contributed by atoms with van der Waals surface area (Å²) >= 11 is 0. The van der Waals surface area contributed by atoms with E-state index in [1.165, 1.54) is 6.42 Å². The van der Waals surface area contributed by atoms with E-state index in [1.54, 1.807) is 6.08 Å². The van der Waals surface area contributed by atoms with Gasteiger partial charge in [0.05, 0.1) is 6.04 Å². The summed E-state index contributed by atoms with van der Waals surface area (Å²) in [6.45, 7) is 7.19. The molecule has 2 atom stereocenters. The molecule has 0 aromatic heterocycles. The summed E-state index contributed by atoms with van der Waals surface area (Å²) in [6, 6.07) is -0.00583. The topological polar surface area (TPSA) is 41.1 Å². The van der Waals surface area contributed by atoms with Gasteiger partial charge >= 0.3 is 0 Å². The van der Waals surface area contributed by atoms with Gasteiger partial charge in [-0.05, 0) is 25.3 Å². The first-order valence-electron chi connectivity index (χ1n) is 4.87. The Morgan fingerprint density at radius 3 is 3.15 bits per heavy atom. The van der Waals surface area contributed by atoms with Crippen LogP contribution in [0.1, 0.15) is 19.8 Å². The van der Waals surface area contributed by atoms with Crippen LogP contribution in [-0.2, 0) is 4.79 Å². The average Bonchev–Trinajstić information content (AvgIpc) is 2.15. The molecule has 0 aromatic carbocycles. The predicted molar refractivity (Wildman–Crippen MR) is 53.4 cm³/mol. The van der Waals surface area contributed by atoms with Gasteiger partial charge in [-0.3, -0.25) is 4.79 Å². The van der Waals surface area contributed by atoms with Gasteiger partial charge in [0.25, 0.3) is 0 Å². The molecular formula is C10H18N2O. The second-order valence-electron chi connectivity index (χ2n) is 3.59. The van der Waals surface area contributed by atoms with Gasteiger partial charge in [0.15, 0.2) is 0 Å². The fourth-order valence-electron chi connectivity index (χ4n) is 1.68. The molecule has 1 amide bonds. The van der Waals surface area contributed by atoms with Crippen LogP contribution in [0.2, 0.25) is 0 Å². The molecule has 2 unspecified atom stereocenters. The number of amides is 1. The Bertz CT molecular complexity index is 191. The van der Waals surface area contributed by atoms with Crippen LogP contribution in [0.15, 0.2) is 12.7 Å². The van der Waals surface area contributed by atoms with Crippen molar-refractivity contribution in [2.45, 2.75) is 25.8 Å². The zero-order valence-corrected chi connectivity index (χ0v) is 8.18. The van der Waals surface area contributed by atoms with E-state index < -0.39 is 0 Å². The Hall–Kier alpha value is -0.830. The maximum atomic E-state index is 11.5. The molecule has 13 heavy (non-hydrogen) atoms. The summed E-state index contributed by atoms with van der Waals surface area (Å²) < 4.78 is 0. The Morgan fingerprint density at radius 2 is 2.54 bits per heavy atom. The molecule has 0 aliphatic carbocycles. The molecule has 0 aromatic rings. The summed E-state index contributed by atoms with van der Waals surface area (Å²) in [5, 5.41) is 6.04. The van der Waals surface area contributed by atoms with E-state index in [0.29, 0.717) is 12.5 Å². The molecular weight excluding hydrogens is 164 g/mol. The lowest BCUT2D eigenvalue weighted by atomic mass is 9.92. The van der Waals surface area contributed by atoms with Crippen LogP contribution in [0.5, 0.6) is 0 Å². The first kappa shape index (κ1) is 10.3. The lowest BCUT2D eigenvalue weighted by molar-refractivity contribution is -0.124. The molecule has 3 heteroatoms. The van der Waals surface area contributed by atoms with E-state index >= 15 is 0 Å². The molecule has 2 N–H and O–H groups in total. The van der Waals surface area contributed by atoms with Crippen molar-refractivity contribution in [2.24, 2.45) is 5.92 Å². The largest absolute Gasteiger partial charge is 0.351 e. The number of hydrogen-bond donors (Lipinski definition) is 2. The summed E-state index contributed by atoms with van der Waals surface area (Å²) in [5.41, 5.74) is 0. The number of carbonyl (C=O) groups is 1. The number of carbonyl (C=O) groups excluding carboxylic acids is 1.